The molecule has 0 bridgehead atoms. The number of hydrogen-bond acceptors (Lipinski definition) is 1. The van der Waals surface area contributed by atoms with Crippen molar-refractivity contribution in [1.29, 1.82) is 0 Å². The van der Waals surface area contributed by atoms with Gasteiger partial charge < -0.3 is 10.3 Å². The molecule has 0 atom stereocenters. The summed E-state index contributed by atoms with van der Waals surface area (Å²) in [6.45, 7) is 2.81. The van der Waals surface area contributed by atoms with Gasteiger partial charge in [0.2, 0.25) is 0 Å². The molecule has 1 aromatic carbocycles. The summed E-state index contributed by atoms with van der Waals surface area (Å²) in [6.07, 6.45) is 2.05. The summed E-state index contributed by atoms with van der Waals surface area (Å²) in [5.74, 6) is 0. The highest BCUT2D eigenvalue weighted by atomic mass is 35.5. The number of anilines is 1. The Morgan fingerprint density at radius 3 is 3.00 bits per heavy atom. The molecule has 2 N–H and O–H groups in total. The van der Waals surface area contributed by atoms with Crippen molar-refractivity contribution < 1.29 is 0 Å². The third kappa shape index (κ3) is 2.00. The maximum atomic E-state index is 5.76. The van der Waals surface area contributed by atoms with Crippen LogP contribution >= 0.6 is 11.6 Å². The molecule has 0 aliphatic rings. The van der Waals surface area contributed by atoms with Crippen LogP contribution in [-0.4, -0.2) is 4.57 Å². The number of nitrogens with zero attached hydrogens (tertiary/aromatic N) is 1. The van der Waals surface area contributed by atoms with Crippen molar-refractivity contribution in [3.05, 3.63) is 41.6 Å². The van der Waals surface area contributed by atoms with Gasteiger partial charge in [-0.2, -0.15) is 0 Å². The molecule has 0 saturated heterocycles. The topological polar surface area (TPSA) is 30.9 Å². The van der Waals surface area contributed by atoms with Crippen LogP contribution in [0.5, 0.6) is 0 Å². The summed E-state index contributed by atoms with van der Waals surface area (Å²) in [6, 6.07) is 8.00. The molecule has 1 heterocycles. The lowest BCUT2D eigenvalue weighted by molar-refractivity contribution is 0.821. The predicted octanol–water partition coefficient (Wildman–Crippen LogP) is 3.37. The van der Waals surface area contributed by atoms with Gasteiger partial charge in [-0.3, -0.25) is 0 Å². The van der Waals surface area contributed by atoms with E-state index in [0.29, 0.717) is 0 Å². The van der Waals surface area contributed by atoms with Crippen LogP contribution in [0.25, 0.3) is 10.9 Å². The van der Waals surface area contributed by atoms with E-state index >= 15 is 0 Å². The van der Waals surface area contributed by atoms with E-state index in [1.165, 1.54) is 5.39 Å². The third-order valence-electron chi connectivity index (χ3n) is 2.40. The summed E-state index contributed by atoms with van der Waals surface area (Å²) < 4.78 is 2.14. The van der Waals surface area contributed by atoms with Crippen LogP contribution in [0.4, 0.5) is 5.69 Å². The van der Waals surface area contributed by atoms with Crippen LogP contribution in [0.3, 0.4) is 0 Å². The summed E-state index contributed by atoms with van der Waals surface area (Å²) in [5.41, 5.74) is 10.4. The minimum Gasteiger partial charge on any atom is -0.399 e. The molecule has 78 valence electrons. The monoisotopic (exact) mass is 220 g/mol. The second-order valence-corrected chi connectivity index (χ2v) is 3.94. The first-order chi connectivity index (χ1) is 7.20. The number of allylic oxidation sites excluding steroid dienone is 1. The molecule has 0 spiro atoms. The van der Waals surface area contributed by atoms with Gasteiger partial charge in [0.15, 0.2) is 0 Å². The Hall–Kier alpha value is -1.41. The van der Waals surface area contributed by atoms with E-state index in [-0.39, 0.29) is 0 Å². The Balaban J connectivity index is 2.48. The van der Waals surface area contributed by atoms with Gasteiger partial charge in [0, 0.05) is 24.0 Å². The van der Waals surface area contributed by atoms with Crippen LogP contribution < -0.4 is 5.73 Å². The van der Waals surface area contributed by atoms with Gasteiger partial charge in [-0.1, -0.05) is 17.7 Å². The van der Waals surface area contributed by atoms with E-state index in [9.17, 15) is 0 Å². The van der Waals surface area contributed by atoms with Crippen molar-refractivity contribution in [2.45, 2.75) is 13.5 Å². The lowest BCUT2D eigenvalue weighted by Gasteiger charge is -2.05. The summed E-state index contributed by atoms with van der Waals surface area (Å²) >= 11 is 5.65. The fourth-order valence-electron chi connectivity index (χ4n) is 1.64. The minimum atomic E-state index is 0.787. The molecular weight excluding hydrogens is 208 g/mol. The normalized spacial score (nSPS) is 12.3. The van der Waals surface area contributed by atoms with Crippen LogP contribution in [-0.2, 0) is 6.54 Å². The maximum absolute atomic E-state index is 5.76. The Bertz CT molecular complexity index is 511. The zero-order chi connectivity index (χ0) is 10.8. The fourth-order valence-corrected chi connectivity index (χ4v) is 1.71. The van der Waals surface area contributed by atoms with E-state index in [1.54, 1.807) is 5.54 Å². The number of rotatable bonds is 2. The van der Waals surface area contributed by atoms with Crippen LogP contribution in [0.1, 0.15) is 6.92 Å². The first-order valence-electron chi connectivity index (χ1n) is 4.81. The van der Waals surface area contributed by atoms with Gasteiger partial charge in [0.05, 0.1) is 5.52 Å². The molecule has 0 aliphatic carbocycles. The SMILES string of the molecule is C/C(=C\Cl)Cn1ccc2ccc(N)cc21. The summed E-state index contributed by atoms with van der Waals surface area (Å²) in [5, 5.41) is 1.20. The molecule has 0 saturated carbocycles. The third-order valence-corrected chi connectivity index (χ3v) is 2.78. The van der Waals surface area contributed by atoms with Crippen molar-refractivity contribution in [2.24, 2.45) is 0 Å². The zero-order valence-corrected chi connectivity index (χ0v) is 9.33. The quantitative estimate of drug-likeness (QED) is 0.773. The lowest BCUT2D eigenvalue weighted by atomic mass is 10.2. The number of halogens is 1. The Morgan fingerprint density at radius 2 is 2.27 bits per heavy atom. The number of benzene rings is 1. The van der Waals surface area contributed by atoms with E-state index < -0.39 is 0 Å². The summed E-state index contributed by atoms with van der Waals surface area (Å²) in [7, 11) is 0. The van der Waals surface area contributed by atoms with Crippen molar-refractivity contribution >= 4 is 28.2 Å². The molecule has 2 aromatic rings. The Morgan fingerprint density at radius 1 is 1.47 bits per heavy atom. The van der Waals surface area contributed by atoms with Gasteiger partial charge in [0.1, 0.15) is 0 Å². The number of nitrogens with two attached hydrogens (primary N) is 1. The second-order valence-electron chi connectivity index (χ2n) is 3.72. The molecule has 0 fully saturated rings. The molecule has 1 aromatic heterocycles. The highest BCUT2D eigenvalue weighted by Crippen LogP contribution is 2.19. The van der Waals surface area contributed by atoms with Crippen molar-refractivity contribution in [3.8, 4) is 0 Å². The van der Waals surface area contributed by atoms with E-state index in [1.807, 2.05) is 31.3 Å². The first kappa shape index (κ1) is 10.1. The van der Waals surface area contributed by atoms with Crippen LogP contribution in [0.2, 0.25) is 0 Å². The van der Waals surface area contributed by atoms with E-state index in [4.69, 9.17) is 17.3 Å². The minimum absolute atomic E-state index is 0.787. The Labute approximate surface area is 93.9 Å². The lowest BCUT2D eigenvalue weighted by Crippen LogP contribution is -1.97. The van der Waals surface area contributed by atoms with Gasteiger partial charge in [-0.25, -0.2) is 0 Å². The smallest absolute Gasteiger partial charge is 0.0503 e. The van der Waals surface area contributed by atoms with Crippen LogP contribution in [0, 0.1) is 0 Å². The average Bonchev–Trinajstić information content (AvgIpc) is 2.61. The highest BCUT2D eigenvalue weighted by molar-refractivity contribution is 6.25. The molecular formula is C12H13ClN2. The first-order valence-corrected chi connectivity index (χ1v) is 5.24. The molecule has 0 aliphatic heterocycles. The Kier molecular flexibility index (Phi) is 2.69. The molecule has 0 unspecified atom stereocenters. The standard InChI is InChI=1S/C12H13ClN2/c1-9(7-13)8-15-5-4-10-2-3-11(14)6-12(10)15/h2-7H,8,14H2,1H3/b9-7+. The van der Waals surface area contributed by atoms with Gasteiger partial charge in [-0.05, 0) is 36.1 Å². The van der Waals surface area contributed by atoms with E-state index in [0.717, 1.165) is 23.3 Å². The van der Waals surface area contributed by atoms with Gasteiger partial charge >= 0.3 is 0 Å². The molecule has 3 heteroatoms. The van der Waals surface area contributed by atoms with E-state index in [2.05, 4.69) is 10.6 Å². The summed E-state index contributed by atoms with van der Waals surface area (Å²) in [4.78, 5) is 0. The average molecular weight is 221 g/mol. The number of aromatic nitrogens is 1. The molecule has 15 heavy (non-hydrogen) atoms. The van der Waals surface area contributed by atoms with Crippen molar-refractivity contribution in [3.63, 3.8) is 0 Å². The van der Waals surface area contributed by atoms with Crippen molar-refractivity contribution in [1.82, 2.24) is 4.57 Å². The molecule has 0 radical (unpaired) electrons. The number of hydrogen-bond donors (Lipinski definition) is 1. The second kappa shape index (κ2) is 3.99. The van der Waals surface area contributed by atoms with Gasteiger partial charge in [0.25, 0.3) is 0 Å². The fraction of sp³-hybridized carbons (Fsp3) is 0.167. The van der Waals surface area contributed by atoms with Gasteiger partial charge in [-0.15, -0.1) is 0 Å². The number of nitrogen functional groups attached to an aromatic ring is 1. The molecule has 0 amide bonds. The predicted molar refractivity (Wildman–Crippen MR) is 66.0 cm³/mol. The zero-order valence-electron chi connectivity index (χ0n) is 8.57. The molecule has 2 nitrogen and oxygen atoms in total. The van der Waals surface area contributed by atoms with Crippen LogP contribution in [0.15, 0.2) is 41.6 Å². The molecule has 2 rings (SSSR count). The number of fused-ring (bicyclic) bond motifs is 1. The maximum Gasteiger partial charge on any atom is 0.0503 e. The van der Waals surface area contributed by atoms with Crippen molar-refractivity contribution in [2.75, 3.05) is 5.73 Å². The highest BCUT2D eigenvalue weighted by Gasteiger charge is 2.01. The largest absolute Gasteiger partial charge is 0.399 e.